The molecule has 1 aromatic heterocycles. The highest BCUT2D eigenvalue weighted by molar-refractivity contribution is 5.92. The van der Waals surface area contributed by atoms with E-state index in [4.69, 9.17) is 5.11 Å². The van der Waals surface area contributed by atoms with E-state index < -0.39 is 5.97 Å². The topological polar surface area (TPSA) is 79.3 Å². The normalized spacial score (nSPS) is 11.9. The van der Waals surface area contributed by atoms with Crippen molar-refractivity contribution >= 4 is 17.7 Å². The third-order valence-corrected chi connectivity index (χ3v) is 2.32. The van der Waals surface area contributed by atoms with Gasteiger partial charge in [-0.25, -0.2) is 9.78 Å². The van der Waals surface area contributed by atoms with Crippen LogP contribution in [0, 0.1) is 5.92 Å². The Kier molecular flexibility index (Phi) is 3.99. The minimum absolute atomic E-state index is 0.0825. The van der Waals surface area contributed by atoms with Gasteiger partial charge in [0.15, 0.2) is 0 Å². The number of nitrogens with zero attached hydrogens (tertiary/aromatic N) is 1. The summed E-state index contributed by atoms with van der Waals surface area (Å²) in [6.45, 7) is 3.74. The third kappa shape index (κ3) is 3.05. The molecular formula is C11H14N2O3. The summed E-state index contributed by atoms with van der Waals surface area (Å²) in [5.41, 5.74) is 0.0986. The molecule has 0 fully saturated rings. The van der Waals surface area contributed by atoms with E-state index in [1.807, 2.05) is 13.8 Å². The molecule has 2 N–H and O–H groups in total. The number of carbonyl (C=O) groups is 2. The zero-order chi connectivity index (χ0) is 12.1. The molecule has 86 valence electrons. The number of aromatic carboxylic acids is 1. The Morgan fingerprint density at radius 3 is 2.62 bits per heavy atom. The standard InChI is InChI=1S/C11H14N2O3/c1-3-7(2)10(14)13-9-5-4-8(6-12-9)11(15)16/h4-7H,3H2,1-2H3,(H,15,16)(H,12,13,14). The average Bonchev–Trinajstić information content (AvgIpc) is 2.28. The number of amides is 1. The number of nitrogens with one attached hydrogen (secondary N) is 1. The van der Waals surface area contributed by atoms with Gasteiger partial charge in [0, 0.05) is 12.1 Å². The number of carbonyl (C=O) groups excluding carboxylic acids is 1. The highest BCUT2D eigenvalue weighted by atomic mass is 16.4. The van der Waals surface area contributed by atoms with Crippen LogP contribution < -0.4 is 5.32 Å². The molecule has 0 radical (unpaired) electrons. The zero-order valence-electron chi connectivity index (χ0n) is 9.23. The van der Waals surface area contributed by atoms with Gasteiger partial charge >= 0.3 is 5.97 Å². The molecule has 1 heterocycles. The van der Waals surface area contributed by atoms with Gasteiger partial charge in [0.05, 0.1) is 5.56 Å². The summed E-state index contributed by atoms with van der Waals surface area (Å²) in [5, 5.41) is 11.3. The maximum atomic E-state index is 11.5. The Balaban J connectivity index is 2.69. The molecule has 0 bridgehead atoms. The summed E-state index contributed by atoms with van der Waals surface area (Å²) >= 11 is 0. The van der Waals surface area contributed by atoms with Gasteiger partial charge < -0.3 is 10.4 Å². The van der Waals surface area contributed by atoms with Crippen molar-refractivity contribution in [2.75, 3.05) is 5.32 Å². The third-order valence-electron chi connectivity index (χ3n) is 2.32. The second kappa shape index (κ2) is 5.25. The maximum Gasteiger partial charge on any atom is 0.337 e. The molecule has 1 unspecified atom stereocenters. The molecule has 5 nitrogen and oxygen atoms in total. The summed E-state index contributed by atoms with van der Waals surface area (Å²) in [4.78, 5) is 25.9. The van der Waals surface area contributed by atoms with Crippen LogP contribution in [0.5, 0.6) is 0 Å². The van der Waals surface area contributed by atoms with Crippen molar-refractivity contribution in [1.82, 2.24) is 4.98 Å². The molecule has 1 atom stereocenters. The molecule has 1 aromatic rings. The summed E-state index contributed by atoms with van der Waals surface area (Å²) in [5.74, 6) is -0.860. The van der Waals surface area contributed by atoms with Gasteiger partial charge in [-0.15, -0.1) is 0 Å². The van der Waals surface area contributed by atoms with Crippen LogP contribution in [-0.2, 0) is 4.79 Å². The first-order valence-electron chi connectivity index (χ1n) is 5.04. The van der Waals surface area contributed by atoms with Gasteiger partial charge in [-0.05, 0) is 18.6 Å². The Morgan fingerprint density at radius 1 is 1.50 bits per heavy atom. The molecule has 0 aliphatic carbocycles. The van der Waals surface area contributed by atoms with Crippen LogP contribution in [-0.4, -0.2) is 22.0 Å². The summed E-state index contributed by atoms with van der Waals surface area (Å²) in [7, 11) is 0. The van der Waals surface area contributed by atoms with Crippen molar-refractivity contribution in [2.45, 2.75) is 20.3 Å². The highest BCUT2D eigenvalue weighted by Gasteiger charge is 2.11. The molecule has 0 aliphatic heterocycles. The van der Waals surface area contributed by atoms with Crippen molar-refractivity contribution in [3.63, 3.8) is 0 Å². The number of pyridine rings is 1. The maximum absolute atomic E-state index is 11.5. The van der Waals surface area contributed by atoms with Crippen molar-refractivity contribution in [3.05, 3.63) is 23.9 Å². The van der Waals surface area contributed by atoms with Crippen molar-refractivity contribution in [3.8, 4) is 0 Å². The molecule has 5 heteroatoms. The monoisotopic (exact) mass is 222 g/mol. The largest absolute Gasteiger partial charge is 0.478 e. The van der Waals surface area contributed by atoms with Gasteiger partial charge in [0.25, 0.3) is 0 Å². The second-order valence-corrected chi connectivity index (χ2v) is 3.54. The number of aromatic nitrogens is 1. The van der Waals surface area contributed by atoms with E-state index in [1.54, 1.807) is 0 Å². The van der Waals surface area contributed by atoms with E-state index in [0.717, 1.165) is 6.42 Å². The smallest absolute Gasteiger partial charge is 0.337 e. The number of rotatable bonds is 4. The van der Waals surface area contributed by atoms with E-state index in [2.05, 4.69) is 10.3 Å². The first-order chi connectivity index (χ1) is 7.54. The van der Waals surface area contributed by atoms with Crippen LogP contribution in [0.1, 0.15) is 30.6 Å². The van der Waals surface area contributed by atoms with Crippen LogP contribution in [0.25, 0.3) is 0 Å². The minimum atomic E-state index is -1.03. The number of hydrogen-bond donors (Lipinski definition) is 2. The van der Waals surface area contributed by atoms with E-state index in [0.29, 0.717) is 5.82 Å². The van der Waals surface area contributed by atoms with Crippen LogP contribution in [0.3, 0.4) is 0 Å². The van der Waals surface area contributed by atoms with Gasteiger partial charge in [-0.3, -0.25) is 4.79 Å². The fraction of sp³-hybridized carbons (Fsp3) is 0.364. The average molecular weight is 222 g/mol. The minimum Gasteiger partial charge on any atom is -0.478 e. The zero-order valence-corrected chi connectivity index (χ0v) is 9.23. The summed E-state index contributed by atoms with van der Waals surface area (Å²) in [6.07, 6.45) is 1.97. The fourth-order valence-electron chi connectivity index (χ4n) is 1.03. The Labute approximate surface area is 93.5 Å². The first kappa shape index (κ1) is 12.2. The van der Waals surface area contributed by atoms with Gasteiger partial charge in [-0.1, -0.05) is 13.8 Å². The molecule has 0 saturated carbocycles. The van der Waals surface area contributed by atoms with Crippen LogP contribution in [0.15, 0.2) is 18.3 Å². The van der Waals surface area contributed by atoms with Crippen molar-refractivity contribution < 1.29 is 14.7 Å². The quantitative estimate of drug-likeness (QED) is 0.813. The molecule has 0 aromatic carbocycles. The number of carboxylic acid groups (broad SMARTS) is 1. The van der Waals surface area contributed by atoms with Crippen LogP contribution in [0.2, 0.25) is 0 Å². The Hall–Kier alpha value is -1.91. The lowest BCUT2D eigenvalue weighted by molar-refractivity contribution is -0.119. The molecule has 1 amide bonds. The van der Waals surface area contributed by atoms with Crippen LogP contribution >= 0.6 is 0 Å². The van der Waals surface area contributed by atoms with Gasteiger partial charge in [-0.2, -0.15) is 0 Å². The fourth-order valence-corrected chi connectivity index (χ4v) is 1.03. The summed E-state index contributed by atoms with van der Waals surface area (Å²) < 4.78 is 0. The lowest BCUT2D eigenvalue weighted by Crippen LogP contribution is -2.20. The van der Waals surface area contributed by atoms with Crippen molar-refractivity contribution in [2.24, 2.45) is 5.92 Å². The molecular weight excluding hydrogens is 208 g/mol. The molecule has 16 heavy (non-hydrogen) atoms. The van der Waals surface area contributed by atoms with E-state index in [1.165, 1.54) is 18.3 Å². The second-order valence-electron chi connectivity index (χ2n) is 3.54. The molecule has 1 rings (SSSR count). The number of carboxylic acids is 1. The van der Waals surface area contributed by atoms with Gasteiger partial charge in [0.1, 0.15) is 5.82 Å². The molecule has 0 saturated heterocycles. The van der Waals surface area contributed by atoms with E-state index in [-0.39, 0.29) is 17.4 Å². The Bertz CT molecular complexity index is 387. The highest BCUT2D eigenvalue weighted by Crippen LogP contribution is 2.08. The number of anilines is 1. The van der Waals surface area contributed by atoms with Gasteiger partial charge in [0.2, 0.25) is 5.91 Å². The lowest BCUT2D eigenvalue weighted by atomic mass is 10.1. The Morgan fingerprint density at radius 2 is 2.19 bits per heavy atom. The molecule has 0 spiro atoms. The van der Waals surface area contributed by atoms with Crippen molar-refractivity contribution in [1.29, 1.82) is 0 Å². The summed E-state index contributed by atoms with van der Waals surface area (Å²) in [6, 6.07) is 2.88. The predicted octanol–water partition coefficient (Wildman–Crippen LogP) is 1.76. The SMILES string of the molecule is CCC(C)C(=O)Nc1ccc(C(=O)O)cn1. The predicted molar refractivity (Wildman–Crippen MR) is 59.3 cm³/mol. The first-order valence-corrected chi connectivity index (χ1v) is 5.04. The van der Waals surface area contributed by atoms with E-state index >= 15 is 0 Å². The molecule has 0 aliphatic rings. The van der Waals surface area contributed by atoms with E-state index in [9.17, 15) is 9.59 Å². The van der Waals surface area contributed by atoms with Crippen LogP contribution in [0.4, 0.5) is 5.82 Å². The lowest BCUT2D eigenvalue weighted by Gasteiger charge is -2.08. The number of hydrogen-bond acceptors (Lipinski definition) is 3.